The standard InChI is InChI=1S/C14H11ClFNO2/c15-11-6-5-8(7-12(11)16)17-13(18)9-3-1-2-4-10(9)14(17)19/h1-2,5-7,9-10H,3-4H2/t9-,10+. The SMILES string of the molecule is O=C1[C@H]2CC=CC[C@H]2C(=O)N1c1ccc(Cl)c(F)c1. The first-order valence-corrected chi connectivity index (χ1v) is 6.45. The molecule has 1 heterocycles. The number of halogens is 2. The van der Waals surface area contributed by atoms with Gasteiger partial charge in [0.15, 0.2) is 0 Å². The smallest absolute Gasteiger partial charge is 0.238 e. The van der Waals surface area contributed by atoms with Crippen molar-refractivity contribution in [1.82, 2.24) is 0 Å². The van der Waals surface area contributed by atoms with E-state index in [-0.39, 0.29) is 34.4 Å². The van der Waals surface area contributed by atoms with Gasteiger partial charge in [0.25, 0.3) is 0 Å². The molecule has 3 nitrogen and oxygen atoms in total. The van der Waals surface area contributed by atoms with Crippen LogP contribution in [-0.2, 0) is 9.59 Å². The molecular formula is C14H11ClFNO2. The highest BCUT2D eigenvalue weighted by atomic mass is 35.5. The Morgan fingerprint density at radius 1 is 1.11 bits per heavy atom. The Balaban J connectivity index is 1.99. The first-order valence-electron chi connectivity index (χ1n) is 6.07. The molecule has 19 heavy (non-hydrogen) atoms. The molecule has 1 aromatic carbocycles. The van der Waals surface area contributed by atoms with Crippen LogP contribution < -0.4 is 4.90 Å². The molecule has 3 rings (SSSR count). The molecule has 2 amide bonds. The Morgan fingerprint density at radius 2 is 1.68 bits per heavy atom. The van der Waals surface area contributed by atoms with Crippen LogP contribution in [0.15, 0.2) is 30.4 Å². The lowest BCUT2D eigenvalue weighted by atomic mass is 9.85. The van der Waals surface area contributed by atoms with E-state index in [1.807, 2.05) is 12.2 Å². The molecule has 1 aliphatic carbocycles. The Labute approximate surface area is 114 Å². The van der Waals surface area contributed by atoms with Gasteiger partial charge in [-0.25, -0.2) is 9.29 Å². The van der Waals surface area contributed by atoms with Gasteiger partial charge < -0.3 is 0 Å². The van der Waals surface area contributed by atoms with Gasteiger partial charge in [0.1, 0.15) is 5.82 Å². The van der Waals surface area contributed by atoms with Crippen molar-refractivity contribution < 1.29 is 14.0 Å². The summed E-state index contributed by atoms with van der Waals surface area (Å²) >= 11 is 5.61. The molecule has 0 saturated carbocycles. The average molecular weight is 280 g/mol. The topological polar surface area (TPSA) is 37.4 Å². The number of anilines is 1. The van der Waals surface area contributed by atoms with Crippen molar-refractivity contribution in [3.63, 3.8) is 0 Å². The minimum atomic E-state index is -0.632. The van der Waals surface area contributed by atoms with E-state index in [1.54, 1.807) is 0 Å². The van der Waals surface area contributed by atoms with Crippen LogP contribution >= 0.6 is 11.6 Å². The monoisotopic (exact) mass is 279 g/mol. The molecule has 0 spiro atoms. The first kappa shape index (κ1) is 12.4. The molecule has 0 unspecified atom stereocenters. The number of nitrogens with zero attached hydrogens (tertiary/aromatic N) is 1. The lowest BCUT2D eigenvalue weighted by Gasteiger charge is -2.14. The molecule has 0 aromatic heterocycles. The van der Waals surface area contributed by atoms with E-state index in [2.05, 4.69) is 0 Å². The fraction of sp³-hybridized carbons (Fsp3) is 0.286. The molecule has 1 aromatic rings. The van der Waals surface area contributed by atoms with E-state index in [1.165, 1.54) is 12.1 Å². The summed E-state index contributed by atoms with van der Waals surface area (Å²) in [6.45, 7) is 0. The summed E-state index contributed by atoms with van der Waals surface area (Å²) in [5, 5.41) is -0.0260. The number of carbonyl (C=O) groups excluding carboxylic acids is 2. The van der Waals surface area contributed by atoms with E-state index >= 15 is 0 Å². The molecular weight excluding hydrogens is 269 g/mol. The van der Waals surface area contributed by atoms with Crippen LogP contribution in [0.25, 0.3) is 0 Å². The third-order valence-corrected chi connectivity index (χ3v) is 3.98. The number of hydrogen-bond donors (Lipinski definition) is 0. The second-order valence-electron chi connectivity index (χ2n) is 4.77. The fourth-order valence-corrected chi connectivity index (χ4v) is 2.80. The zero-order chi connectivity index (χ0) is 13.6. The van der Waals surface area contributed by atoms with E-state index < -0.39 is 5.82 Å². The lowest BCUT2D eigenvalue weighted by molar-refractivity contribution is -0.122. The number of hydrogen-bond acceptors (Lipinski definition) is 2. The summed E-state index contributed by atoms with van der Waals surface area (Å²) in [6, 6.07) is 3.97. The Bertz CT molecular complexity index is 573. The van der Waals surface area contributed by atoms with Gasteiger partial charge in [0.05, 0.1) is 22.5 Å². The second kappa shape index (κ2) is 4.46. The van der Waals surface area contributed by atoms with Gasteiger partial charge in [-0.15, -0.1) is 0 Å². The maximum Gasteiger partial charge on any atom is 0.238 e. The molecule has 1 aliphatic heterocycles. The minimum absolute atomic E-state index is 0.0260. The van der Waals surface area contributed by atoms with Gasteiger partial charge in [0.2, 0.25) is 11.8 Å². The molecule has 0 radical (unpaired) electrons. The van der Waals surface area contributed by atoms with Crippen molar-refractivity contribution in [1.29, 1.82) is 0 Å². The first-order chi connectivity index (χ1) is 9.09. The predicted molar refractivity (Wildman–Crippen MR) is 69.3 cm³/mol. The quantitative estimate of drug-likeness (QED) is 0.585. The van der Waals surface area contributed by atoms with E-state index in [9.17, 15) is 14.0 Å². The number of amides is 2. The maximum absolute atomic E-state index is 13.5. The summed E-state index contributed by atoms with van der Waals surface area (Å²) in [7, 11) is 0. The normalized spacial score (nSPS) is 25.9. The molecule has 5 heteroatoms. The number of carbonyl (C=O) groups is 2. The number of fused-ring (bicyclic) bond motifs is 1. The zero-order valence-electron chi connectivity index (χ0n) is 9.98. The fourth-order valence-electron chi connectivity index (χ4n) is 2.68. The van der Waals surface area contributed by atoms with Crippen LogP contribution in [0.5, 0.6) is 0 Å². The van der Waals surface area contributed by atoms with E-state index in [0.29, 0.717) is 12.8 Å². The largest absolute Gasteiger partial charge is 0.274 e. The minimum Gasteiger partial charge on any atom is -0.274 e. The maximum atomic E-state index is 13.5. The van der Waals surface area contributed by atoms with Crippen molar-refractivity contribution in [3.8, 4) is 0 Å². The Kier molecular flexibility index (Phi) is 2.90. The van der Waals surface area contributed by atoms with Gasteiger partial charge in [-0.05, 0) is 31.0 Å². The van der Waals surface area contributed by atoms with Gasteiger partial charge in [-0.1, -0.05) is 23.8 Å². The van der Waals surface area contributed by atoms with Crippen LogP contribution in [0.1, 0.15) is 12.8 Å². The number of rotatable bonds is 1. The van der Waals surface area contributed by atoms with Crippen LogP contribution in [0.4, 0.5) is 10.1 Å². The number of allylic oxidation sites excluding steroid dienone is 2. The van der Waals surface area contributed by atoms with Crippen LogP contribution in [-0.4, -0.2) is 11.8 Å². The van der Waals surface area contributed by atoms with Crippen LogP contribution in [0, 0.1) is 17.7 Å². The van der Waals surface area contributed by atoms with Gasteiger partial charge in [0, 0.05) is 0 Å². The third-order valence-electron chi connectivity index (χ3n) is 3.67. The third kappa shape index (κ3) is 1.87. The van der Waals surface area contributed by atoms with Crippen molar-refractivity contribution in [3.05, 3.63) is 41.2 Å². The van der Waals surface area contributed by atoms with Crippen molar-refractivity contribution in [2.45, 2.75) is 12.8 Å². The lowest BCUT2D eigenvalue weighted by Crippen LogP contribution is -2.30. The molecule has 1 saturated heterocycles. The molecule has 2 aliphatic rings. The number of imide groups is 1. The van der Waals surface area contributed by atoms with Gasteiger partial charge >= 0.3 is 0 Å². The summed E-state index contributed by atoms with van der Waals surface area (Å²) in [6.07, 6.45) is 4.97. The summed E-state index contributed by atoms with van der Waals surface area (Å²) in [5.74, 6) is -1.75. The van der Waals surface area contributed by atoms with E-state index in [4.69, 9.17) is 11.6 Å². The molecule has 2 atom stereocenters. The Morgan fingerprint density at radius 3 is 2.21 bits per heavy atom. The van der Waals surface area contributed by atoms with Crippen molar-refractivity contribution >= 4 is 29.1 Å². The molecule has 98 valence electrons. The van der Waals surface area contributed by atoms with E-state index in [0.717, 1.165) is 11.0 Å². The van der Waals surface area contributed by atoms with Crippen molar-refractivity contribution in [2.75, 3.05) is 4.90 Å². The highest BCUT2D eigenvalue weighted by Gasteiger charge is 2.47. The predicted octanol–water partition coefficient (Wildman–Crippen LogP) is 2.93. The summed E-state index contributed by atoms with van der Waals surface area (Å²) in [5.41, 5.74) is 0.256. The van der Waals surface area contributed by atoms with Crippen molar-refractivity contribution in [2.24, 2.45) is 11.8 Å². The zero-order valence-corrected chi connectivity index (χ0v) is 10.7. The second-order valence-corrected chi connectivity index (χ2v) is 5.17. The Hall–Kier alpha value is -1.68. The van der Waals surface area contributed by atoms with Crippen LogP contribution in [0.2, 0.25) is 5.02 Å². The van der Waals surface area contributed by atoms with Gasteiger partial charge in [-0.2, -0.15) is 0 Å². The average Bonchev–Trinajstić information content (AvgIpc) is 2.66. The number of benzene rings is 1. The summed E-state index contributed by atoms with van der Waals surface area (Å²) in [4.78, 5) is 25.6. The highest BCUT2D eigenvalue weighted by Crippen LogP contribution is 2.38. The molecule has 0 bridgehead atoms. The van der Waals surface area contributed by atoms with Crippen LogP contribution in [0.3, 0.4) is 0 Å². The molecule has 1 fully saturated rings. The highest BCUT2D eigenvalue weighted by molar-refractivity contribution is 6.31. The molecule has 0 N–H and O–H groups in total. The van der Waals surface area contributed by atoms with Gasteiger partial charge in [-0.3, -0.25) is 9.59 Å². The summed E-state index contributed by atoms with van der Waals surface area (Å²) < 4.78 is 13.5.